The molecule has 0 aromatic carbocycles. The van der Waals surface area contributed by atoms with Crippen LogP contribution in [-0.4, -0.2) is 24.8 Å². The third-order valence-corrected chi connectivity index (χ3v) is 2.45. The van der Waals surface area contributed by atoms with Crippen LogP contribution in [0.1, 0.15) is 0 Å². The summed E-state index contributed by atoms with van der Waals surface area (Å²) >= 11 is 1.33. The van der Waals surface area contributed by atoms with Crippen LogP contribution in [0.25, 0.3) is 0 Å². The van der Waals surface area contributed by atoms with Gasteiger partial charge in [-0.25, -0.2) is 10.2 Å². The van der Waals surface area contributed by atoms with E-state index in [-0.39, 0.29) is 12.5 Å². The molecule has 7 nitrogen and oxygen atoms in total. The summed E-state index contributed by atoms with van der Waals surface area (Å²) in [4.78, 5) is 23.3. The number of hydrazone groups is 1. The normalized spacial score (nSPS) is 9.25. The number of carbonyl (C=O) groups is 2. The van der Waals surface area contributed by atoms with Gasteiger partial charge in [0.25, 0.3) is 0 Å². The molecule has 1 aromatic heterocycles. The van der Waals surface area contributed by atoms with Gasteiger partial charge in [0.2, 0.25) is 5.96 Å². The molecule has 0 aliphatic carbocycles. The number of amides is 2. The number of nitrogens with two attached hydrogens (primary N) is 2. The first kappa shape index (κ1) is 12.0. The van der Waals surface area contributed by atoms with Crippen LogP contribution in [0.15, 0.2) is 22.6 Å². The van der Waals surface area contributed by atoms with Crippen LogP contribution in [0.4, 0.5) is 9.80 Å². The van der Waals surface area contributed by atoms with Crippen molar-refractivity contribution in [1.82, 2.24) is 5.43 Å². The zero-order chi connectivity index (χ0) is 12.0. The van der Waals surface area contributed by atoms with Crippen molar-refractivity contribution in [3.8, 4) is 0 Å². The fourth-order valence-corrected chi connectivity index (χ4v) is 1.68. The van der Waals surface area contributed by atoms with Crippen LogP contribution >= 0.6 is 11.3 Å². The molecular formula is C8H11N5O2S. The smallest absolute Gasteiger partial charge is 0.343 e. The van der Waals surface area contributed by atoms with E-state index >= 15 is 0 Å². The minimum atomic E-state index is -0.567. The third kappa shape index (κ3) is 3.24. The van der Waals surface area contributed by atoms with Gasteiger partial charge in [-0.05, 0) is 17.5 Å². The summed E-state index contributed by atoms with van der Waals surface area (Å²) < 4.78 is 0. The van der Waals surface area contributed by atoms with Crippen molar-refractivity contribution < 1.29 is 9.59 Å². The topological polar surface area (TPSA) is 114 Å². The number of rotatable bonds is 4. The molecule has 5 N–H and O–H groups in total. The highest BCUT2D eigenvalue weighted by molar-refractivity contribution is 7.14. The Hall–Kier alpha value is -2.09. The molecule has 0 spiro atoms. The van der Waals surface area contributed by atoms with Gasteiger partial charge in [-0.2, -0.15) is 0 Å². The summed E-state index contributed by atoms with van der Waals surface area (Å²) in [5.74, 6) is -0.259. The van der Waals surface area contributed by atoms with E-state index in [1.54, 1.807) is 17.5 Å². The second kappa shape index (κ2) is 5.71. The quantitative estimate of drug-likeness (QED) is 0.289. The van der Waals surface area contributed by atoms with Gasteiger partial charge in [-0.15, -0.1) is 16.4 Å². The standard InChI is InChI=1S/C8H11N5O2S/c9-7(10)11-12-8(15)13(3-4-14)6-2-1-5-16-6/h1-2,4-5H,3H2,(H,12,15)(H4,9,10,11). The molecule has 86 valence electrons. The number of anilines is 1. The van der Waals surface area contributed by atoms with Crippen LogP contribution in [-0.2, 0) is 4.79 Å². The summed E-state index contributed by atoms with van der Waals surface area (Å²) in [7, 11) is 0. The van der Waals surface area contributed by atoms with E-state index in [2.05, 4.69) is 10.5 Å². The van der Waals surface area contributed by atoms with Crippen molar-refractivity contribution >= 4 is 34.6 Å². The van der Waals surface area contributed by atoms with Crippen molar-refractivity contribution in [3.05, 3.63) is 17.5 Å². The van der Waals surface area contributed by atoms with Crippen LogP contribution in [0, 0.1) is 0 Å². The fourth-order valence-electron chi connectivity index (χ4n) is 0.944. The van der Waals surface area contributed by atoms with Crippen LogP contribution in [0.5, 0.6) is 0 Å². The number of thiophene rings is 1. The van der Waals surface area contributed by atoms with Crippen LogP contribution in [0.2, 0.25) is 0 Å². The summed E-state index contributed by atoms with van der Waals surface area (Å²) in [6, 6.07) is 2.91. The van der Waals surface area contributed by atoms with Crippen molar-refractivity contribution in [3.63, 3.8) is 0 Å². The van der Waals surface area contributed by atoms with Crippen molar-refractivity contribution in [2.75, 3.05) is 11.4 Å². The first-order valence-corrected chi connectivity index (χ1v) is 5.16. The summed E-state index contributed by atoms with van der Waals surface area (Å²) in [5.41, 5.74) is 12.3. The van der Waals surface area contributed by atoms with Gasteiger partial charge in [0, 0.05) is 0 Å². The third-order valence-electron chi connectivity index (χ3n) is 1.56. The minimum absolute atomic E-state index is 0.0632. The molecule has 0 saturated carbocycles. The predicted octanol–water partition coefficient (Wildman–Crippen LogP) is -0.349. The molecule has 1 aromatic rings. The zero-order valence-corrected chi connectivity index (χ0v) is 9.11. The van der Waals surface area contributed by atoms with Crippen molar-refractivity contribution in [1.29, 1.82) is 0 Å². The van der Waals surface area contributed by atoms with Gasteiger partial charge in [0.15, 0.2) is 0 Å². The molecule has 0 aliphatic heterocycles. The van der Waals surface area contributed by atoms with E-state index < -0.39 is 6.03 Å². The Bertz CT molecular complexity index is 385. The Morgan fingerprint density at radius 2 is 2.38 bits per heavy atom. The number of guanidine groups is 1. The van der Waals surface area contributed by atoms with Crippen molar-refractivity contribution in [2.24, 2.45) is 16.6 Å². The van der Waals surface area contributed by atoms with Gasteiger partial charge in [-0.1, -0.05) is 0 Å². The lowest BCUT2D eigenvalue weighted by Gasteiger charge is -2.16. The van der Waals surface area contributed by atoms with E-state index in [9.17, 15) is 9.59 Å². The van der Waals surface area contributed by atoms with Crippen LogP contribution in [0.3, 0.4) is 0 Å². The maximum atomic E-state index is 11.6. The molecule has 1 heterocycles. The molecule has 1 rings (SSSR count). The highest BCUT2D eigenvalue weighted by Gasteiger charge is 2.15. The summed E-state index contributed by atoms with van der Waals surface area (Å²) in [5, 5.41) is 5.78. The Morgan fingerprint density at radius 1 is 1.62 bits per heavy atom. The van der Waals surface area contributed by atoms with E-state index in [1.807, 2.05) is 0 Å². The molecule has 0 unspecified atom stereocenters. The molecular weight excluding hydrogens is 230 g/mol. The van der Waals surface area contributed by atoms with E-state index in [1.165, 1.54) is 16.2 Å². The maximum absolute atomic E-state index is 11.6. The van der Waals surface area contributed by atoms with Gasteiger partial charge < -0.3 is 16.3 Å². The van der Waals surface area contributed by atoms with Crippen molar-refractivity contribution in [2.45, 2.75) is 0 Å². The number of hydrogen-bond acceptors (Lipinski definition) is 4. The molecule has 0 fully saturated rings. The molecule has 16 heavy (non-hydrogen) atoms. The molecule has 0 bridgehead atoms. The van der Waals surface area contributed by atoms with E-state index in [0.717, 1.165) is 0 Å². The summed E-state index contributed by atoms with van der Waals surface area (Å²) in [6.45, 7) is -0.0632. The number of hydrogen-bond donors (Lipinski definition) is 3. The molecule has 0 radical (unpaired) electrons. The lowest BCUT2D eigenvalue weighted by atomic mass is 10.5. The second-order valence-electron chi connectivity index (χ2n) is 2.68. The number of nitrogens with zero attached hydrogens (tertiary/aromatic N) is 2. The fraction of sp³-hybridized carbons (Fsp3) is 0.125. The molecule has 0 saturated heterocycles. The highest BCUT2D eigenvalue weighted by atomic mass is 32.1. The minimum Gasteiger partial charge on any atom is -0.369 e. The Balaban J connectivity index is 2.74. The highest BCUT2D eigenvalue weighted by Crippen LogP contribution is 2.20. The monoisotopic (exact) mass is 241 g/mol. The van der Waals surface area contributed by atoms with Crippen LogP contribution < -0.4 is 21.8 Å². The number of aldehydes is 1. The van der Waals surface area contributed by atoms with Gasteiger partial charge >= 0.3 is 6.03 Å². The largest absolute Gasteiger partial charge is 0.369 e. The Morgan fingerprint density at radius 3 is 2.88 bits per heavy atom. The molecule has 8 heteroatoms. The first-order chi connectivity index (χ1) is 7.65. The summed E-state index contributed by atoms with van der Waals surface area (Å²) in [6.07, 6.45) is 0.620. The average molecular weight is 241 g/mol. The molecule has 2 amide bonds. The first-order valence-electron chi connectivity index (χ1n) is 4.28. The Kier molecular flexibility index (Phi) is 4.28. The lowest BCUT2D eigenvalue weighted by molar-refractivity contribution is -0.106. The number of nitrogens with one attached hydrogen (secondary N) is 1. The Labute approximate surface area is 95.7 Å². The van der Waals surface area contributed by atoms with Gasteiger partial charge in [0.1, 0.15) is 6.29 Å². The average Bonchev–Trinajstić information content (AvgIpc) is 2.75. The molecule has 0 atom stereocenters. The number of carbonyl (C=O) groups excluding carboxylic acids is 2. The zero-order valence-electron chi connectivity index (χ0n) is 8.29. The van der Waals surface area contributed by atoms with Gasteiger partial charge in [0.05, 0.1) is 11.5 Å². The lowest BCUT2D eigenvalue weighted by Crippen LogP contribution is -2.40. The molecule has 0 aliphatic rings. The second-order valence-corrected chi connectivity index (χ2v) is 3.61. The number of urea groups is 1. The maximum Gasteiger partial charge on any atom is 0.343 e. The predicted molar refractivity (Wildman–Crippen MR) is 62.1 cm³/mol. The SMILES string of the molecule is NC(N)=NNC(=O)N(CC=O)c1cccs1. The van der Waals surface area contributed by atoms with E-state index in [4.69, 9.17) is 11.5 Å². The van der Waals surface area contributed by atoms with Gasteiger partial charge in [-0.3, -0.25) is 4.90 Å². The van der Waals surface area contributed by atoms with E-state index in [0.29, 0.717) is 11.3 Å².